The van der Waals surface area contributed by atoms with Crippen LogP contribution >= 0.6 is 0 Å². The van der Waals surface area contributed by atoms with Gasteiger partial charge in [-0.25, -0.2) is 13.1 Å². The Hall–Kier alpha value is -0.130. The van der Waals surface area contributed by atoms with E-state index in [1.165, 1.54) is 0 Å². The van der Waals surface area contributed by atoms with Gasteiger partial charge < -0.3 is 4.74 Å². The third kappa shape index (κ3) is 0.677. The standard InChI is InChI=1S/C7H11NO3S/c9-12(10)6-3-5-1-2-7(6,11-5)4-8-12/h5-6,8H,1-4H2. The number of ether oxygens (including phenoxy) is 1. The van der Waals surface area contributed by atoms with Crippen molar-refractivity contribution in [2.24, 2.45) is 0 Å². The zero-order valence-corrected chi connectivity index (χ0v) is 7.43. The van der Waals surface area contributed by atoms with Gasteiger partial charge in [-0.3, -0.25) is 0 Å². The Kier molecular flexibility index (Phi) is 1.13. The van der Waals surface area contributed by atoms with Gasteiger partial charge in [-0.2, -0.15) is 0 Å². The van der Waals surface area contributed by atoms with Crippen molar-refractivity contribution in [3.8, 4) is 0 Å². The Morgan fingerprint density at radius 2 is 2.33 bits per heavy atom. The predicted octanol–water partition coefficient (Wildman–Crippen LogP) is -0.391. The van der Waals surface area contributed by atoms with Crippen LogP contribution in [0.1, 0.15) is 19.3 Å². The normalized spacial score (nSPS) is 54.3. The number of nitrogens with one attached hydrogen (secondary N) is 1. The fraction of sp³-hybridized carbons (Fsp3) is 1.00. The molecule has 0 saturated carbocycles. The Morgan fingerprint density at radius 3 is 3.00 bits per heavy atom. The Morgan fingerprint density at radius 1 is 1.50 bits per heavy atom. The smallest absolute Gasteiger partial charge is 0.217 e. The third-order valence-corrected chi connectivity index (χ3v) is 5.22. The molecule has 0 aromatic carbocycles. The summed E-state index contributed by atoms with van der Waals surface area (Å²) in [5.74, 6) is 0. The maximum atomic E-state index is 11.4. The number of sulfonamides is 1. The summed E-state index contributed by atoms with van der Waals surface area (Å²) in [6.07, 6.45) is 2.87. The van der Waals surface area contributed by atoms with Crippen LogP contribution in [-0.2, 0) is 14.8 Å². The van der Waals surface area contributed by atoms with E-state index < -0.39 is 10.0 Å². The van der Waals surface area contributed by atoms with Crippen molar-refractivity contribution in [1.29, 1.82) is 0 Å². The summed E-state index contributed by atoms with van der Waals surface area (Å²) >= 11 is 0. The second kappa shape index (κ2) is 1.86. The van der Waals surface area contributed by atoms with Crippen molar-refractivity contribution < 1.29 is 13.2 Å². The highest BCUT2D eigenvalue weighted by atomic mass is 32.2. The van der Waals surface area contributed by atoms with Gasteiger partial charge in [-0.1, -0.05) is 0 Å². The lowest BCUT2D eigenvalue weighted by atomic mass is 9.88. The van der Waals surface area contributed by atoms with Crippen molar-refractivity contribution >= 4 is 10.0 Å². The summed E-state index contributed by atoms with van der Waals surface area (Å²) in [5, 5.41) is -0.260. The van der Waals surface area contributed by atoms with Gasteiger partial charge in [0, 0.05) is 6.54 Å². The van der Waals surface area contributed by atoms with E-state index in [-0.39, 0.29) is 17.0 Å². The number of hydrogen-bond donors (Lipinski definition) is 1. The molecule has 3 aliphatic rings. The minimum atomic E-state index is -3.04. The minimum absolute atomic E-state index is 0.215. The molecule has 0 aromatic heterocycles. The molecular formula is C7H11NO3S. The maximum absolute atomic E-state index is 11.4. The molecule has 1 N–H and O–H groups in total. The molecule has 5 heteroatoms. The highest BCUT2D eigenvalue weighted by molar-refractivity contribution is 7.90. The molecule has 3 aliphatic heterocycles. The van der Waals surface area contributed by atoms with Gasteiger partial charge in [-0.15, -0.1) is 0 Å². The van der Waals surface area contributed by atoms with Gasteiger partial charge in [-0.05, 0) is 19.3 Å². The molecule has 3 atom stereocenters. The molecule has 0 aliphatic carbocycles. The van der Waals surface area contributed by atoms with Crippen LogP contribution in [-0.4, -0.2) is 31.9 Å². The average molecular weight is 189 g/mol. The van der Waals surface area contributed by atoms with E-state index >= 15 is 0 Å². The molecule has 3 saturated heterocycles. The summed E-state index contributed by atoms with van der Waals surface area (Å²) in [7, 11) is -3.04. The first-order chi connectivity index (χ1) is 5.62. The summed E-state index contributed by atoms with van der Waals surface area (Å²) in [4.78, 5) is 0. The molecule has 68 valence electrons. The monoisotopic (exact) mass is 189 g/mol. The van der Waals surface area contributed by atoms with Gasteiger partial charge in [0.2, 0.25) is 10.0 Å². The summed E-state index contributed by atoms with van der Waals surface area (Å²) in [6, 6.07) is 0. The van der Waals surface area contributed by atoms with E-state index in [1.807, 2.05) is 0 Å². The van der Waals surface area contributed by atoms with Crippen molar-refractivity contribution in [2.45, 2.75) is 36.2 Å². The van der Waals surface area contributed by atoms with Crippen LogP contribution < -0.4 is 4.72 Å². The molecule has 2 bridgehead atoms. The highest BCUT2D eigenvalue weighted by Gasteiger charge is 2.62. The van der Waals surface area contributed by atoms with E-state index in [2.05, 4.69) is 4.72 Å². The van der Waals surface area contributed by atoms with Crippen molar-refractivity contribution in [2.75, 3.05) is 6.54 Å². The molecular weight excluding hydrogens is 178 g/mol. The Labute approximate surface area is 71.3 Å². The summed E-state index contributed by atoms with van der Waals surface area (Å²) in [5.41, 5.74) is -0.344. The first kappa shape index (κ1) is 7.29. The lowest BCUT2D eigenvalue weighted by Crippen LogP contribution is -2.38. The fourth-order valence-electron chi connectivity index (χ4n) is 2.69. The van der Waals surface area contributed by atoms with Crippen LogP contribution in [0.5, 0.6) is 0 Å². The molecule has 4 nitrogen and oxygen atoms in total. The van der Waals surface area contributed by atoms with Crippen LogP contribution in [0.2, 0.25) is 0 Å². The van der Waals surface area contributed by atoms with E-state index in [4.69, 9.17) is 4.74 Å². The van der Waals surface area contributed by atoms with Crippen molar-refractivity contribution in [1.82, 2.24) is 4.72 Å². The molecule has 12 heavy (non-hydrogen) atoms. The van der Waals surface area contributed by atoms with Crippen LogP contribution in [0.25, 0.3) is 0 Å². The average Bonchev–Trinajstić information content (AvgIpc) is 2.62. The van der Waals surface area contributed by atoms with Crippen LogP contribution in [0, 0.1) is 0 Å². The van der Waals surface area contributed by atoms with Crippen LogP contribution in [0.15, 0.2) is 0 Å². The topological polar surface area (TPSA) is 55.4 Å². The molecule has 3 rings (SSSR count). The number of fused-ring (bicyclic) bond motifs is 1. The number of rotatable bonds is 0. The van der Waals surface area contributed by atoms with Gasteiger partial charge in [0.05, 0.1) is 6.10 Å². The van der Waals surface area contributed by atoms with E-state index in [1.54, 1.807) is 0 Å². The van der Waals surface area contributed by atoms with Crippen LogP contribution in [0.4, 0.5) is 0 Å². The van der Waals surface area contributed by atoms with Gasteiger partial charge >= 0.3 is 0 Å². The first-order valence-electron chi connectivity index (χ1n) is 4.29. The summed E-state index contributed by atoms with van der Waals surface area (Å²) < 4.78 is 31.1. The molecule has 0 amide bonds. The quantitative estimate of drug-likeness (QED) is 0.564. The third-order valence-electron chi connectivity index (χ3n) is 3.30. The Balaban J connectivity index is 2.10. The highest BCUT2D eigenvalue weighted by Crippen LogP contribution is 2.48. The SMILES string of the molecule is O=S1(=O)NCC23CCC(CC21)O3. The van der Waals surface area contributed by atoms with Gasteiger partial charge in [0.1, 0.15) is 10.9 Å². The largest absolute Gasteiger partial charge is 0.369 e. The van der Waals surface area contributed by atoms with Gasteiger partial charge in [0.25, 0.3) is 0 Å². The molecule has 0 radical (unpaired) electrons. The molecule has 3 fully saturated rings. The lowest BCUT2D eigenvalue weighted by molar-refractivity contribution is 0.0247. The van der Waals surface area contributed by atoms with Gasteiger partial charge in [0.15, 0.2) is 0 Å². The minimum Gasteiger partial charge on any atom is -0.369 e. The molecule has 1 spiro atoms. The predicted molar refractivity (Wildman–Crippen MR) is 42.2 cm³/mol. The van der Waals surface area contributed by atoms with E-state index in [0.29, 0.717) is 13.0 Å². The van der Waals surface area contributed by atoms with Crippen molar-refractivity contribution in [3.05, 3.63) is 0 Å². The Bertz CT molecular complexity index is 326. The second-order valence-electron chi connectivity index (χ2n) is 3.93. The summed E-state index contributed by atoms with van der Waals surface area (Å²) in [6.45, 7) is 0.497. The second-order valence-corrected chi connectivity index (χ2v) is 5.88. The zero-order valence-electron chi connectivity index (χ0n) is 6.62. The fourth-order valence-corrected chi connectivity index (χ4v) is 4.63. The molecule has 0 aromatic rings. The molecule has 3 heterocycles. The van der Waals surface area contributed by atoms with E-state index in [9.17, 15) is 8.42 Å². The zero-order chi connectivity index (χ0) is 8.40. The number of hydrogen-bond acceptors (Lipinski definition) is 3. The maximum Gasteiger partial charge on any atom is 0.217 e. The lowest BCUT2D eigenvalue weighted by Gasteiger charge is -2.21. The van der Waals surface area contributed by atoms with Crippen molar-refractivity contribution in [3.63, 3.8) is 0 Å². The first-order valence-corrected chi connectivity index (χ1v) is 5.83. The van der Waals surface area contributed by atoms with Crippen LogP contribution in [0.3, 0.4) is 0 Å². The van der Waals surface area contributed by atoms with E-state index in [0.717, 1.165) is 12.8 Å². The molecule has 3 unspecified atom stereocenters.